The van der Waals surface area contributed by atoms with Gasteiger partial charge in [-0.2, -0.15) is 0 Å². The molecule has 2 rings (SSSR count). The van der Waals surface area contributed by atoms with Crippen LogP contribution in [-0.2, 0) is 9.53 Å². The summed E-state index contributed by atoms with van der Waals surface area (Å²) >= 11 is 0. The second kappa shape index (κ2) is 7.06. The molecule has 1 fully saturated rings. The number of aryl methyl sites for hydroxylation is 1. The van der Waals surface area contributed by atoms with Crippen molar-refractivity contribution in [2.24, 2.45) is 0 Å². The van der Waals surface area contributed by atoms with E-state index >= 15 is 0 Å². The molecular formula is C15H21NO6. The zero-order valence-electron chi connectivity index (χ0n) is 12.5. The molecule has 122 valence electrons. The fourth-order valence-electron chi connectivity index (χ4n) is 2.39. The Bertz CT molecular complexity index is 523. The van der Waals surface area contributed by atoms with Crippen LogP contribution < -0.4 is 10.1 Å². The molecule has 1 amide bonds. The molecule has 0 saturated carbocycles. The molecule has 7 nitrogen and oxygen atoms in total. The fraction of sp³-hybridized carbons (Fsp3) is 0.533. The van der Waals surface area contributed by atoms with Gasteiger partial charge in [0, 0.05) is 6.92 Å². The van der Waals surface area contributed by atoms with Gasteiger partial charge in [-0.3, -0.25) is 4.79 Å². The summed E-state index contributed by atoms with van der Waals surface area (Å²) < 4.78 is 11.2. The van der Waals surface area contributed by atoms with E-state index in [4.69, 9.17) is 9.47 Å². The Labute approximate surface area is 128 Å². The molecule has 0 aromatic heterocycles. The van der Waals surface area contributed by atoms with E-state index in [-0.39, 0.29) is 5.91 Å². The van der Waals surface area contributed by atoms with E-state index in [1.165, 1.54) is 6.92 Å². The summed E-state index contributed by atoms with van der Waals surface area (Å²) in [5.41, 5.74) is 0.976. The van der Waals surface area contributed by atoms with Crippen LogP contribution in [0.2, 0.25) is 0 Å². The molecule has 1 aliphatic rings. The predicted molar refractivity (Wildman–Crippen MR) is 77.2 cm³/mol. The van der Waals surface area contributed by atoms with Crippen LogP contribution in [-0.4, -0.2) is 58.5 Å². The first-order valence-electron chi connectivity index (χ1n) is 7.05. The van der Waals surface area contributed by atoms with E-state index < -0.39 is 37.3 Å². The number of ether oxygens (including phenoxy) is 2. The number of hydrogen-bond donors (Lipinski definition) is 4. The Kier molecular flexibility index (Phi) is 5.36. The highest BCUT2D eigenvalue weighted by Gasteiger charge is 2.46. The van der Waals surface area contributed by atoms with Crippen molar-refractivity contribution in [3.8, 4) is 5.75 Å². The molecule has 0 spiro atoms. The lowest BCUT2D eigenvalue weighted by atomic mass is 9.97. The van der Waals surface area contributed by atoms with Crippen molar-refractivity contribution >= 4 is 5.91 Å². The van der Waals surface area contributed by atoms with Crippen LogP contribution in [0.1, 0.15) is 12.5 Å². The Morgan fingerprint density at radius 2 is 2.09 bits per heavy atom. The lowest BCUT2D eigenvalue weighted by molar-refractivity contribution is -0.244. The van der Waals surface area contributed by atoms with Crippen LogP contribution in [0, 0.1) is 6.92 Å². The lowest BCUT2D eigenvalue weighted by Crippen LogP contribution is -2.65. The minimum absolute atomic E-state index is 0.389. The molecule has 1 heterocycles. The molecule has 4 N–H and O–H groups in total. The third kappa shape index (κ3) is 3.75. The molecule has 5 atom stereocenters. The van der Waals surface area contributed by atoms with Gasteiger partial charge in [0.1, 0.15) is 30.1 Å². The Hall–Kier alpha value is -1.67. The molecule has 0 unspecified atom stereocenters. The van der Waals surface area contributed by atoms with Gasteiger partial charge >= 0.3 is 0 Å². The fourth-order valence-corrected chi connectivity index (χ4v) is 2.39. The minimum Gasteiger partial charge on any atom is -0.463 e. The van der Waals surface area contributed by atoms with Crippen LogP contribution >= 0.6 is 0 Å². The number of carbonyl (C=O) groups is 1. The molecule has 1 aliphatic heterocycles. The van der Waals surface area contributed by atoms with Gasteiger partial charge < -0.3 is 30.1 Å². The number of aliphatic hydroxyl groups is 3. The quantitative estimate of drug-likeness (QED) is 0.587. The predicted octanol–water partition coefficient (Wildman–Crippen LogP) is -0.682. The smallest absolute Gasteiger partial charge is 0.223 e. The van der Waals surface area contributed by atoms with Crippen molar-refractivity contribution in [3.05, 3.63) is 29.8 Å². The number of benzene rings is 1. The van der Waals surface area contributed by atoms with Crippen LogP contribution in [0.5, 0.6) is 5.75 Å². The van der Waals surface area contributed by atoms with Crippen LogP contribution in [0.25, 0.3) is 0 Å². The third-order valence-corrected chi connectivity index (χ3v) is 3.49. The zero-order valence-corrected chi connectivity index (χ0v) is 12.5. The third-order valence-electron chi connectivity index (χ3n) is 3.49. The van der Waals surface area contributed by atoms with Gasteiger partial charge in [0.2, 0.25) is 12.2 Å². The van der Waals surface area contributed by atoms with Crippen molar-refractivity contribution in [2.45, 2.75) is 44.5 Å². The van der Waals surface area contributed by atoms with Gasteiger partial charge in [-0.15, -0.1) is 0 Å². The van der Waals surface area contributed by atoms with E-state index in [0.717, 1.165) is 5.56 Å². The maximum atomic E-state index is 11.3. The van der Waals surface area contributed by atoms with Gasteiger partial charge in [-0.1, -0.05) is 12.1 Å². The van der Waals surface area contributed by atoms with Crippen molar-refractivity contribution in [2.75, 3.05) is 6.61 Å². The highest BCUT2D eigenvalue weighted by molar-refractivity contribution is 5.73. The molecule has 0 aliphatic carbocycles. The lowest BCUT2D eigenvalue weighted by Gasteiger charge is -2.42. The number of amides is 1. The summed E-state index contributed by atoms with van der Waals surface area (Å²) in [5, 5.41) is 31.8. The number of aliphatic hydroxyl groups excluding tert-OH is 3. The molecule has 0 bridgehead atoms. The maximum Gasteiger partial charge on any atom is 0.223 e. The number of carbonyl (C=O) groups excluding carboxylic acids is 1. The first-order valence-corrected chi connectivity index (χ1v) is 7.05. The van der Waals surface area contributed by atoms with Crippen LogP contribution in [0.3, 0.4) is 0 Å². The summed E-state index contributed by atoms with van der Waals surface area (Å²) in [6, 6.07) is 6.24. The molecule has 1 aromatic carbocycles. The topological polar surface area (TPSA) is 108 Å². The molecule has 1 saturated heterocycles. The largest absolute Gasteiger partial charge is 0.463 e. The number of nitrogens with one attached hydrogen (secondary N) is 1. The average molecular weight is 311 g/mol. The minimum atomic E-state index is -1.32. The summed E-state index contributed by atoms with van der Waals surface area (Å²) in [6.45, 7) is 2.72. The summed E-state index contributed by atoms with van der Waals surface area (Å²) in [4.78, 5) is 11.3. The average Bonchev–Trinajstić information content (AvgIpc) is 2.46. The standard InChI is InChI=1S/C15H21NO6/c1-8-4-3-5-10(6-8)21-15-12(16-9(2)18)14(20)13(19)11(7-17)22-15/h3-6,11-15,17,19-20H,7H2,1-2H3,(H,16,18)/t11-,12-,13-,14-,15-/m0/s1. The monoisotopic (exact) mass is 311 g/mol. The molecular weight excluding hydrogens is 290 g/mol. The summed E-state index contributed by atoms with van der Waals surface area (Å²) in [6.07, 6.45) is -4.65. The highest BCUT2D eigenvalue weighted by atomic mass is 16.7. The molecule has 7 heteroatoms. The molecule has 1 aromatic rings. The first-order chi connectivity index (χ1) is 10.4. The first kappa shape index (κ1) is 16.7. The van der Waals surface area contributed by atoms with E-state index in [9.17, 15) is 20.1 Å². The van der Waals surface area contributed by atoms with Gasteiger partial charge in [0.25, 0.3) is 0 Å². The van der Waals surface area contributed by atoms with Gasteiger partial charge in [0.15, 0.2) is 0 Å². The summed E-state index contributed by atoms with van der Waals surface area (Å²) in [7, 11) is 0. The van der Waals surface area contributed by atoms with Crippen molar-refractivity contribution < 1.29 is 29.6 Å². The van der Waals surface area contributed by atoms with Crippen molar-refractivity contribution in [1.29, 1.82) is 0 Å². The number of rotatable bonds is 4. The number of hydrogen-bond acceptors (Lipinski definition) is 6. The zero-order chi connectivity index (χ0) is 16.3. The second-order valence-corrected chi connectivity index (χ2v) is 5.37. The Balaban J connectivity index is 2.21. The van der Waals surface area contributed by atoms with E-state index in [1.807, 2.05) is 13.0 Å². The maximum absolute atomic E-state index is 11.3. The van der Waals surface area contributed by atoms with E-state index in [1.54, 1.807) is 18.2 Å². The van der Waals surface area contributed by atoms with Crippen molar-refractivity contribution in [3.63, 3.8) is 0 Å². The Morgan fingerprint density at radius 1 is 1.36 bits per heavy atom. The van der Waals surface area contributed by atoms with Gasteiger partial charge in [0.05, 0.1) is 6.61 Å². The van der Waals surface area contributed by atoms with Crippen LogP contribution in [0.15, 0.2) is 24.3 Å². The van der Waals surface area contributed by atoms with Crippen LogP contribution in [0.4, 0.5) is 0 Å². The Morgan fingerprint density at radius 3 is 2.68 bits per heavy atom. The normalized spacial score (nSPS) is 31.6. The van der Waals surface area contributed by atoms with E-state index in [2.05, 4.69) is 5.32 Å². The van der Waals surface area contributed by atoms with E-state index in [0.29, 0.717) is 5.75 Å². The second-order valence-electron chi connectivity index (χ2n) is 5.37. The summed E-state index contributed by atoms with van der Waals surface area (Å²) in [5.74, 6) is 0.112. The van der Waals surface area contributed by atoms with Gasteiger partial charge in [-0.25, -0.2) is 0 Å². The molecule has 22 heavy (non-hydrogen) atoms. The SMILES string of the molecule is CC(=O)N[C@@H]1[C@@H](Oc2cccc(C)c2)O[C@@H](CO)[C@H](O)[C@H]1O. The highest BCUT2D eigenvalue weighted by Crippen LogP contribution is 2.24. The van der Waals surface area contributed by atoms with Crippen molar-refractivity contribution in [1.82, 2.24) is 5.32 Å². The van der Waals surface area contributed by atoms with Gasteiger partial charge in [-0.05, 0) is 24.6 Å². The molecule has 0 radical (unpaired) electrons.